The van der Waals surface area contributed by atoms with Crippen LogP contribution in [0.3, 0.4) is 0 Å². The summed E-state index contributed by atoms with van der Waals surface area (Å²) in [5.74, 6) is 0.224. The summed E-state index contributed by atoms with van der Waals surface area (Å²) in [6, 6.07) is 0. The van der Waals surface area contributed by atoms with Crippen LogP contribution in [0.15, 0.2) is 0 Å². The molecule has 0 saturated heterocycles. The van der Waals surface area contributed by atoms with Crippen LogP contribution in [0, 0.1) is 11.8 Å². The van der Waals surface area contributed by atoms with Gasteiger partial charge in [0.2, 0.25) is 0 Å². The Morgan fingerprint density at radius 1 is 1.31 bits per heavy atom. The lowest BCUT2D eigenvalue weighted by atomic mass is 10.1. The predicted octanol–water partition coefficient (Wildman–Crippen LogP) is 1.86. The minimum atomic E-state index is -0.121. The highest BCUT2D eigenvalue weighted by Crippen LogP contribution is 2.04. The van der Waals surface area contributed by atoms with Crippen molar-refractivity contribution < 1.29 is 14.3 Å². The summed E-state index contributed by atoms with van der Waals surface area (Å²) in [6.45, 7) is 6.94. The Morgan fingerprint density at radius 2 is 1.92 bits per heavy atom. The van der Waals surface area contributed by atoms with Gasteiger partial charge in [0.25, 0.3) is 0 Å². The molecule has 13 heavy (non-hydrogen) atoms. The smallest absolute Gasteiger partial charge is 0.308 e. The van der Waals surface area contributed by atoms with Crippen molar-refractivity contribution in [3.8, 4) is 0 Å². The summed E-state index contributed by atoms with van der Waals surface area (Å²) in [4.78, 5) is 11.1. The van der Waals surface area contributed by atoms with Gasteiger partial charge < -0.3 is 9.47 Å². The molecule has 0 aliphatic carbocycles. The van der Waals surface area contributed by atoms with E-state index >= 15 is 0 Å². The van der Waals surface area contributed by atoms with E-state index in [1.807, 2.05) is 20.8 Å². The molecule has 0 bridgehead atoms. The van der Waals surface area contributed by atoms with Crippen LogP contribution in [0.4, 0.5) is 0 Å². The lowest BCUT2D eigenvalue weighted by Crippen LogP contribution is -2.17. The van der Waals surface area contributed by atoms with Crippen molar-refractivity contribution in [3.05, 3.63) is 0 Å². The first-order valence-electron chi connectivity index (χ1n) is 4.73. The molecule has 0 aromatic carbocycles. The number of carbonyl (C=O) groups is 1. The summed E-state index contributed by atoms with van der Waals surface area (Å²) in [5, 5.41) is 0. The molecule has 0 aliphatic heterocycles. The molecule has 1 unspecified atom stereocenters. The van der Waals surface area contributed by atoms with Crippen LogP contribution in [-0.2, 0) is 14.3 Å². The normalized spacial score (nSPS) is 13.0. The van der Waals surface area contributed by atoms with E-state index in [9.17, 15) is 4.79 Å². The van der Waals surface area contributed by atoms with Gasteiger partial charge in [-0.1, -0.05) is 20.8 Å². The first-order valence-corrected chi connectivity index (χ1v) is 4.73. The van der Waals surface area contributed by atoms with E-state index in [0.717, 1.165) is 13.0 Å². The van der Waals surface area contributed by atoms with Gasteiger partial charge in [0.05, 0.1) is 12.5 Å². The first-order chi connectivity index (χ1) is 6.07. The first kappa shape index (κ1) is 12.4. The van der Waals surface area contributed by atoms with Crippen molar-refractivity contribution in [2.45, 2.75) is 27.2 Å². The van der Waals surface area contributed by atoms with Crippen molar-refractivity contribution >= 4 is 5.97 Å². The number of ether oxygens (including phenoxy) is 2. The van der Waals surface area contributed by atoms with Gasteiger partial charge >= 0.3 is 5.97 Å². The number of carbonyl (C=O) groups excluding carboxylic acids is 1. The number of hydrogen-bond donors (Lipinski definition) is 0. The Bertz CT molecular complexity index is 143. The fourth-order valence-corrected chi connectivity index (χ4v) is 0.793. The average Bonchev–Trinajstić information content (AvgIpc) is 2.10. The zero-order valence-electron chi connectivity index (χ0n) is 9.00. The summed E-state index contributed by atoms with van der Waals surface area (Å²) in [6.07, 6.45) is 0.932. The van der Waals surface area contributed by atoms with Crippen LogP contribution in [0.2, 0.25) is 0 Å². The van der Waals surface area contributed by atoms with Gasteiger partial charge in [0, 0.05) is 13.7 Å². The number of esters is 1. The molecule has 3 heteroatoms. The highest BCUT2D eigenvalue weighted by atomic mass is 16.5. The fourth-order valence-electron chi connectivity index (χ4n) is 0.793. The maximum absolute atomic E-state index is 11.1. The Morgan fingerprint density at radius 3 is 2.38 bits per heavy atom. The molecule has 0 heterocycles. The molecule has 1 atom stereocenters. The molecule has 0 spiro atoms. The summed E-state index contributed by atoms with van der Waals surface area (Å²) >= 11 is 0. The third kappa shape index (κ3) is 6.58. The molecular weight excluding hydrogens is 168 g/mol. The molecule has 0 fully saturated rings. The molecule has 0 saturated carbocycles. The minimum Gasteiger partial charge on any atom is -0.465 e. The van der Waals surface area contributed by atoms with Crippen molar-refractivity contribution in [1.82, 2.24) is 0 Å². The van der Waals surface area contributed by atoms with Crippen molar-refractivity contribution in [2.75, 3.05) is 20.3 Å². The average molecular weight is 188 g/mol. The van der Waals surface area contributed by atoms with Crippen molar-refractivity contribution in [3.63, 3.8) is 0 Å². The van der Waals surface area contributed by atoms with E-state index in [2.05, 4.69) is 0 Å². The minimum absolute atomic E-state index is 0.0328. The van der Waals surface area contributed by atoms with E-state index in [0.29, 0.717) is 12.5 Å². The molecule has 0 N–H and O–H groups in total. The van der Waals surface area contributed by atoms with Crippen molar-refractivity contribution in [1.29, 1.82) is 0 Å². The van der Waals surface area contributed by atoms with Gasteiger partial charge in [-0.25, -0.2) is 0 Å². The van der Waals surface area contributed by atoms with Crippen LogP contribution in [0.1, 0.15) is 27.2 Å². The largest absolute Gasteiger partial charge is 0.465 e. The standard InChI is InChI=1S/C10H20O3/c1-8(2)10(11)13-7-9(3)5-6-12-4/h8-9H,5-7H2,1-4H3. The van der Waals surface area contributed by atoms with Gasteiger partial charge in [0.1, 0.15) is 0 Å². The van der Waals surface area contributed by atoms with Crippen molar-refractivity contribution in [2.24, 2.45) is 11.8 Å². The fraction of sp³-hybridized carbons (Fsp3) is 0.900. The Kier molecular flexibility index (Phi) is 6.59. The Labute approximate surface area is 80.4 Å². The van der Waals surface area contributed by atoms with Gasteiger partial charge in [-0.15, -0.1) is 0 Å². The van der Waals surface area contributed by atoms with Crippen LogP contribution < -0.4 is 0 Å². The summed E-state index contributed by atoms with van der Waals surface area (Å²) in [7, 11) is 1.67. The molecule has 0 aromatic heterocycles. The molecule has 0 aliphatic rings. The van der Waals surface area contributed by atoms with E-state index in [4.69, 9.17) is 9.47 Å². The lowest BCUT2D eigenvalue weighted by molar-refractivity contribution is -0.148. The third-order valence-corrected chi connectivity index (χ3v) is 1.80. The predicted molar refractivity (Wildman–Crippen MR) is 51.5 cm³/mol. The Balaban J connectivity index is 3.46. The Hall–Kier alpha value is -0.570. The topological polar surface area (TPSA) is 35.5 Å². The molecule has 3 nitrogen and oxygen atoms in total. The zero-order chi connectivity index (χ0) is 10.3. The zero-order valence-corrected chi connectivity index (χ0v) is 9.00. The number of methoxy groups -OCH3 is 1. The molecule has 0 amide bonds. The highest BCUT2D eigenvalue weighted by molar-refractivity contribution is 5.71. The number of hydrogen-bond acceptors (Lipinski definition) is 3. The molecule has 0 radical (unpaired) electrons. The molecular formula is C10H20O3. The van der Waals surface area contributed by atoms with E-state index in [-0.39, 0.29) is 11.9 Å². The molecule has 0 aromatic rings. The third-order valence-electron chi connectivity index (χ3n) is 1.80. The van der Waals surface area contributed by atoms with E-state index in [1.54, 1.807) is 7.11 Å². The second-order valence-electron chi connectivity index (χ2n) is 3.67. The second kappa shape index (κ2) is 6.89. The number of rotatable bonds is 6. The maximum atomic E-state index is 11.1. The lowest BCUT2D eigenvalue weighted by Gasteiger charge is -2.12. The van der Waals surface area contributed by atoms with Crippen LogP contribution in [-0.4, -0.2) is 26.3 Å². The van der Waals surface area contributed by atoms with E-state index < -0.39 is 0 Å². The van der Waals surface area contributed by atoms with Gasteiger partial charge in [0.15, 0.2) is 0 Å². The van der Waals surface area contributed by atoms with Gasteiger partial charge in [-0.3, -0.25) is 4.79 Å². The van der Waals surface area contributed by atoms with Gasteiger partial charge in [-0.05, 0) is 12.3 Å². The quantitative estimate of drug-likeness (QED) is 0.597. The maximum Gasteiger partial charge on any atom is 0.308 e. The van der Waals surface area contributed by atoms with Crippen LogP contribution >= 0.6 is 0 Å². The van der Waals surface area contributed by atoms with E-state index in [1.165, 1.54) is 0 Å². The second-order valence-corrected chi connectivity index (χ2v) is 3.67. The monoisotopic (exact) mass is 188 g/mol. The highest BCUT2D eigenvalue weighted by Gasteiger charge is 2.10. The summed E-state index contributed by atoms with van der Waals surface area (Å²) in [5.41, 5.74) is 0. The SMILES string of the molecule is COCCC(C)COC(=O)C(C)C. The molecule has 78 valence electrons. The van der Waals surface area contributed by atoms with Crippen LogP contribution in [0.25, 0.3) is 0 Å². The summed E-state index contributed by atoms with van der Waals surface area (Å²) < 4.78 is 9.99. The van der Waals surface area contributed by atoms with Crippen LogP contribution in [0.5, 0.6) is 0 Å². The van der Waals surface area contributed by atoms with Gasteiger partial charge in [-0.2, -0.15) is 0 Å². The molecule has 0 rings (SSSR count).